The molecule has 4 nitrogen and oxygen atoms in total. The lowest BCUT2D eigenvalue weighted by Crippen LogP contribution is -2.34. The summed E-state index contributed by atoms with van der Waals surface area (Å²) in [6.07, 6.45) is 7.38. The van der Waals surface area contributed by atoms with Crippen molar-refractivity contribution in [2.75, 3.05) is 0 Å². The van der Waals surface area contributed by atoms with Crippen LogP contribution in [0.2, 0.25) is 0 Å². The maximum absolute atomic E-state index is 8.70. The Morgan fingerprint density at radius 2 is 0.628 bits per heavy atom. The van der Waals surface area contributed by atoms with Crippen LogP contribution >= 0.6 is 0 Å². The summed E-state index contributed by atoms with van der Waals surface area (Å²) >= 11 is 0. The summed E-state index contributed by atoms with van der Waals surface area (Å²) in [4.78, 5) is 0. The van der Waals surface area contributed by atoms with Crippen LogP contribution in [0.25, 0.3) is 45.0 Å². The second-order valence-corrected chi connectivity index (χ2v) is 28.1. The van der Waals surface area contributed by atoms with E-state index < -0.39 is 26.4 Å². The number of nitrogens with zero attached hydrogens (tertiary/aromatic N) is 4. The van der Waals surface area contributed by atoms with Gasteiger partial charge in [-0.15, -0.1) is 0 Å². The Labute approximate surface area is 539 Å². The van der Waals surface area contributed by atoms with Gasteiger partial charge in [0.25, 0.3) is 0 Å². The van der Waals surface area contributed by atoms with E-state index in [1.54, 1.807) is 81.9 Å². The first-order valence-corrected chi connectivity index (χ1v) is 31.4. The summed E-state index contributed by atoms with van der Waals surface area (Å²) < 4.78 is 88.6. The van der Waals surface area contributed by atoms with Crippen molar-refractivity contribution in [3.05, 3.63) is 211 Å². The van der Waals surface area contributed by atoms with Crippen molar-refractivity contribution in [1.29, 1.82) is 0 Å². The van der Waals surface area contributed by atoms with Crippen molar-refractivity contribution < 1.29 is 32.0 Å². The third kappa shape index (κ3) is 19.2. The molecule has 86 heavy (non-hydrogen) atoms. The molecule has 4 aromatic heterocycles. The van der Waals surface area contributed by atoms with Crippen LogP contribution in [-0.2, 0) is 64.6 Å². The third-order valence-corrected chi connectivity index (χ3v) is 15.8. The van der Waals surface area contributed by atoms with E-state index in [1.165, 1.54) is 78.1 Å². The Morgan fingerprint density at radius 1 is 0.337 bits per heavy atom. The van der Waals surface area contributed by atoms with E-state index in [4.69, 9.17) is 13.7 Å². The lowest BCUT2D eigenvalue weighted by atomic mass is 9.84. The van der Waals surface area contributed by atoms with Gasteiger partial charge in [0, 0.05) is 82.5 Å². The molecule has 4 heteroatoms. The Balaban J connectivity index is 0.000000234. The summed E-state index contributed by atoms with van der Waals surface area (Å²) in [5.74, 6) is 0.692. The summed E-state index contributed by atoms with van der Waals surface area (Å²) in [7, 11) is 8.17. The van der Waals surface area contributed by atoms with E-state index in [0.717, 1.165) is 40.8 Å². The molecule has 0 saturated carbocycles. The molecule has 460 valence electrons. The summed E-state index contributed by atoms with van der Waals surface area (Å²) in [6, 6.07) is 32.5. The minimum absolute atomic E-state index is 0.0978. The SMILES string of the molecule is Cc1ccc(-c2cc(C)c(C(C)(C)C)c[n+]2C)c(C)c1.Cc1ccc(-c2cc(CC(C)C)c(CC(C)C)c[n+]2C)c(C)c1.[2H]C([2H])([2H])c1ccc(-c2cc(C([2H])([2H])C(C)C)c(C([2H])([2H])C(C)C)c[n+]2C)c(C)c1.[2H]C([2H])([2H])c1ccc(-c2cc(C)c(C(C)(C)C)c[n+]2C)c(C)c1. The predicted octanol–water partition coefficient (Wildman–Crippen LogP) is 19.2. The third-order valence-electron chi connectivity index (χ3n) is 15.8. The summed E-state index contributed by atoms with van der Waals surface area (Å²) in [6.45, 7) is 42.5. The van der Waals surface area contributed by atoms with Gasteiger partial charge >= 0.3 is 0 Å². The highest BCUT2D eigenvalue weighted by atomic mass is 14.9. The van der Waals surface area contributed by atoms with Crippen LogP contribution in [0.5, 0.6) is 0 Å². The van der Waals surface area contributed by atoms with Gasteiger partial charge in [-0.3, -0.25) is 0 Å². The molecule has 0 aliphatic heterocycles. The standard InChI is InChI=1S/2C22H32N.2C19H26N/c2*1-15(2)10-19-13-22(21-9-8-17(5)12-18(21)6)23(7)14-20(19)11-16(3)4;2*1-13-8-9-16(14(2)10-13)18-11-15(3)17(12-20(18)7)19(4,5)6/h2*8-9,12-16H,10-11H2,1-7H3;2*8-12H,1-7H3/q4*+1/i5D3,10D2,11D2;;1D3;. The average Bonchev–Trinajstić information content (AvgIpc) is 0.757. The van der Waals surface area contributed by atoms with Gasteiger partial charge < -0.3 is 0 Å². The van der Waals surface area contributed by atoms with E-state index in [-0.39, 0.29) is 28.2 Å². The lowest BCUT2D eigenvalue weighted by Gasteiger charge is -2.20. The number of benzene rings is 4. The van der Waals surface area contributed by atoms with E-state index in [2.05, 4.69) is 212 Å². The second kappa shape index (κ2) is 29.9. The molecule has 0 atom stereocenters. The molecule has 8 aromatic rings. The van der Waals surface area contributed by atoms with Crippen LogP contribution in [-0.4, -0.2) is 0 Å². The van der Waals surface area contributed by atoms with E-state index >= 15 is 0 Å². The fourth-order valence-corrected chi connectivity index (χ4v) is 11.7. The first-order valence-electron chi connectivity index (χ1n) is 36.4. The number of hydrogen-bond donors (Lipinski definition) is 0. The molecule has 0 N–H and O–H groups in total. The zero-order valence-electron chi connectivity index (χ0n) is 68.1. The topological polar surface area (TPSA) is 15.5 Å². The Bertz CT molecular complexity index is 4040. The predicted molar refractivity (Wildman–Crippen MR) is 371 cm³/mol. The van der Waals surface area contributed by atoms with Crippen LogP contribution in [0, 0.1) is 92.8 Å². The molecule has 0 radical (unpaired) electrons. The van der Waals surface area contributed by atoms with Crippen molar-refractivity contribution >= 4 is 0 Å². The summed E-state index contributed by atoms with van der Waals surface area (Å²) in [5, 5.41) is 0. The number of aromatic nitrogens is 4. The highest BCUT2D eigenvalue weighted by molar-refractivity contribution is 5.65. The number of hydrogen-bond acceptors (Lipinski definition) is 0. The molecule has 0 unspecified atom stereocenters. The van der Waals surface area contributed by atoms with Gasteiger partial charge in [-0.2, -0.15) is 0 Å². The molecule has 0 spiro atoms. The molecular formula is C82H116N4+4. The fraction of sp³-hybridized carbons (Fsp3) is 0.463. The van der Waals surface area contributed by atoms with Gasteiger partial charge in [0.15, 0.2) is 24.8 Å². The van der Waals surface area contributed by atoms with Crippen molar-refractivity contribution in [2.24, 2.45) is 51.9 Å². The molecule has 0 aliphatic carbocycles. The number of rotatable bonds is 12. The normalized spacial score (nSPS) is 14.0. The van der Waals surface area contributed by atoms with Crippen LogP contribution in [0.3, 0.4) is 0 Å². The van der Waals surface area contributed by atoms with Gasteiger partial charge in [0.1, 0.15) is 28.2 Å². The number of pyridine rings is 4. The smallest absolute Gasteiger partial charge is 0.201 e. The molecule has 8 rings (SSSR count). The first-order chi connectivity index (χ1) is 43.9. The molecule has 4 aromatic carbocycles. The fourth-order valence-electron chi connectivity index (χ4n) is 11.7. The molecular weight excluding hydrogens is 1040 g/mol. The Kier molecular flexibility index (Phi) is 19.5. The van der Waals surface area contributed by atoms with Crippen molar-refractivity contribution in [3.63, 3.8) is 0 Å². The van der Waals surface area contributed by atoms with Gasteiger partial charge in [0.2, 0.25) is 22.8 Å². The Hall–Kier alpha value is -6.52. The van der Waals surface area contributed by atoms with Crippen molar-refractivity contribution in [1.82, 2.24) is 0 Å². The Morgan fingerprint density at radius 3 is 0.953 bits per heavy atom. The zero-order chi connectivity index (χ0) is 73.0. The summed E-state index contributed by atoms with van der Waals surface area (Å²) in [5.41, 5.74) is 26.0. The van der Waals surface area contributed by atoms with Crippen LogP contribution < -0.4 is 18.3 Å². The van der Waals surface area contributed by atoms with Crippen molar-refractivity contribution in [3.8, 4) is 45.0 Å². The van der Waals surface area contributed by atoms with E-state index in [1.807, 2.05) is 27.0 Å². The minimum atomic E-state index is -2.19. The molecule has 4 heterocycles. The molecule has 0 saturated heterocycles. The quantitative estimate of drug-likeness (QED) is 0.108. The molecule has 0 bridgehead atoms. The highest BCUT2D eigenvalue weighted by Crippen LogP contribution is 2.32. The van der Waals surface area contributed by atoms with E-state index in [0.29, 0.717) is 34.2 Å². The van der Waals surface area contributed by atoms with Crippen molar-refractivity contribution in [2.45, 2.75) is 202 Å². The maximum atomic E-state index is 8.70. The minimum Gasteiger partial charge on any atom is -0.201 e. The zero-order valence-corrected chi connectivity index (χ0v) is 58.1. The lowest BCUT2D eigenvalue weighted by molar-refractivity contribution is -0.661. The average molecular weight is 1170 g/mol. The second-order valence-electron chi connectivity index (χ2n) is 28.1. The largest absolute Gasteiger partial charge is 0.212 e. The number of aryl methyl sites for hydroxylation is 14. The highest BCUT2D eigenvalue weighted by Gasteiger charge is 2.26. The molecule has 0 amide bonds. The van der Waals surface area contributed by atoms with E-state index in [9.17, 15) is 0 Å². The van der Waals surface area contributed by atoms with Crippen LogP contribution in [0.15, 0.2) is 122 Å². The first kappa shape index (κ1) is 56.0. The van der Waals surface area contributed by atoms with Crippen LogP contribution in [0.4, 0.5) is 0 Å². The van der Waals surface area contributed by atoms with Gasteiger partial charge in [-0.1, -0.05) is 168 Å². The van der Waals surface area contributed by atoms with Gasteiger partial charge in [0.05, 0.1) is 0 Å². The molecule has 0 fully saturated rings. The van der Waals surface area contributed by atoms with Crippen LogP contribution in [0.1, 0.15) is 200 Å². The van der Waals surface area contributed by atoms with Gasteiger partial charge in [-0.05, 0) is 198 Å². The molecule has 0 aliphatic rings. The monoisotopic (exact) mass is 1170 g/mol. The maximum Gasteiger partial charge on any atom is 0.212 e. The van der Waals surface area contributed by atoms with Gasteiger partial charge in [-0.25, -0.2) is 18.3 Å².